The molecule has 6 nitrogen and oxygen atoms in total. The molecular weight excluding hydrogens is 228 g/mol. The van der Waals surface area contributed by atoms with Crippen molar-refractivity contribution in [2.24, 2.45) is 9.98 Å². The SMILES string of the molecule is CN=C(NC)NCCCCCCNC(=NC)NC. The van der Waals surface area contributed by atoms with Crippen LogP contribution in [-0.2, 0) is 0 Å². The molecule has 0 atom stereocenters. The molecule has 18 heavy (non-hydrogen) atoms. The van der Waals surface area contributed by atoms with Crippen LogP contribution >= 0.6 is 0 Å². The summed E-state index contributed by atoms with van der Waals surface area (Å²) in [5.74, 6) is 1.71. The van der Waals surface area contributed by atoms with Gasteiger partial charge in [0.05, 0.1) is 0 Å². The predicted octanol–water partition coefficient (Wildman–Crippen LogP) is 0.136. The maximum Gasteiger partial charge on any atom is 0.190 e. The Hall–Kier alpha value is -1.46. The minimum Gasteiger partial charge on any atom is -0.359 e. The number of nitrogens with one attached hydrogen (secondary N) is 4. The zero-order chi connectivity index (χ0) is 13.6. The van der Waals surface area contributed by atoms with Crippen LogP contribution in [0.15, 0.2) is 9.98 Å². The monoisotopic (exact) mass is 256 g/mol. The molecule has 0 bridgehead atoms. The molecule has 106 valence electrons. The third kappa shape index (κ3) is 8.66. The summed E-state index contributed by atoms with van der Waals surface area (Å²) < 4.78 is 0. The first-order valence-electron chi connectivity index (χ1n) is 6.55. The number of rotatable bonds is 7. The Morgan fingerprint density at radius 1 is 0.722 bits per heavy atom. The van der Waals surface area contributed by atoms with Gasteiger partial charge >= 0.3 is 0 Å². The second-order valence-electron chi connectivity index (χ2n) is 3.91. The second-order valence-corrected chi connectivity index (χ2v) is 3.91. The predicted molar refractivity (Wildman–Crippen MR) is 79.3 cm³/mol. The molecule has 0 fully saturated rings. The highest BCUT2D eigenvalue weighted by Crippen LogP contribution is 1.97. The van der Waals surface area contributed by atoms with Crippen LogP contribution in [0, 0.1) is 0 Å². The van der Waals surface area contributed by atoms with Crippen LogP contribution in [0.5, 0.6) is 0 Å². The van der Waals surface area contributed by atoms with Crippen molar-refractivity contribution in [3.8, 4) is 0 Å². The average Bonchev–Trinajstić information content (AvgIpc) is 2.41. The Labute approximate surface area is 111 Å². The molecular formula is C12H28N6. The van der Waals surface area contributed by atoms with Crippen molar-refractivity contribution in [2.45, 2.75) is 25.7 Å². The van der Waals surface area contributed by atoms with Crippen molar-refractivity contribution in [1.82, 2.24) is 21.3 Å². The van der Waals surface area contributed by atoms with Gasteiger partial charge in [-0.25, -0.2) is 0 Å². The van der Waals surface area contributed by atoms with Gasteiger partial charge in [0.2, 0.25) is 0 Å². The minimum atomic E-state index is 0.856. The second kappa shape index (κ2) is 12.0. The summed E-state index contributed by atoms with van der Waals surface area (Å²) in [6, 6.07) is 0. The number of hydrogen-bond acceptors (Lipinski definition) is 2. The van der Waals surface area contributed by atoms with Gasteiger partial charge in [-0.3, -0.25) is 9.98 Å². The zero-order valence-corrected chi connectivity index (χ0v) is 12.1. The highest BCUT2D eigenvalue weighted by atomic mass is 15.2. The summed E-state index contributed by atoms with van der Waals surface area (Å²) in [5.41, 5.74) is 0. The molecule has 0 saturated heterocycles. The molecule has 0 heterocycles. The summed E-state index contributed by atoms with van der Waals surface area (Å²) in [4.78, 5) is 8.11. The quantitative estimate of drug-likeness (QED) is 0.297. The number of hydrogen-bond donors (Lipinski definition) is 4. The van der Waals surface area contributed by atoms with Gasteiger partial charge in [0, 0.05) is 41.3 Å². The van der Waals surface area contributed by atoms with E-state index in [1.54, 1.807) is 14.1 Å². The molecule has 4 N–H and O–H groups in total. The molecule has 6 heteroatoms. The molecule has 0 unspecified atom stereocenters. The topological polar surface area (TPSA) is 72.8 Å². The molecule has 0 aliphatic heterocycles. The fourth-order valence-electron chi connectivity index (χ4n) is 1.58. The van der Waals surface area contributed by atoms with Crippen molar-refractivity contribution in [3.05, 3.63) is 0 Å². The van der Waals surface area contributed by atoms with Gasteiger partial charge < -0.3 is 21.3 Å². The Morgan fingerprint density at radius 3 is 1.39 bits per heavy atom. The molecule has 0 aliphatic carbocycles. The van der Waals surface area contributed by atoms with Crippen LogP contribution in [0.2, 0.25) is 0 Å². The van der Waals surface area contributed by atoms with E-state index in [-0.39, 0.29) is 0 Å². The van der Waals surface area contributed by atoms with Gasteiger partial charge in [-0.05, 0) is 12.8 Å². The third-order valence-electron chi connectivity index (χ3n) is 2.61. The van der Waals surface area contributed by atoms with Gasteiger partial charge in [-0.1, -0.05) is 12.8 Å². The molecule has 0 amide bonds. The van der Waals surface area contributed by atoms with E-state index in [0.717, 1.165) is 25.0 Å². The zero-order valence-electron chi connectivity index (χ0n) is 12.1. The smallest absolute Gasteiger partial charge is 0.190 e. The lowest BCUT2D eigenvalue weighted by Gasteiger charge is -2.09. The maximum atomic E-state index is 4.06. The molecule has 0 aromatic rings. The first-order chi connectivity index (χ1) is 8.78. The van der Waals surface area contributed by atoms with Gasteiger partial charge in [0.1, 0.15) is 0 Å². The largest absolute Gasteiger partial charge is 0.359 e. The first-order valence-corrected chi connectivity index (χ1v) is 6.55. The van der Waals surface area contributed by atoms with Gasteiger partial charge in [0.25, 0.3) is 0 Å². The third-order valence-corrected chi connectivity index (χ3v) is 2.61. The van der Waals surface area contributed by atoms with E-state index in [2.05, 4.69) is 31.3 Å². The molecule has 0 aromatic heterocycles. The van der Waals surface area contributed by atoms with Crippen LogP contribution in [0.4, 0.5) is 0 Å². The van der Waals surface area contributed by atoms with E-state index in [1.807, 2.05) is 14.1 Å². The van der Waals surface area contributed by atoms with Gasteiger partial charge in [0.15, 0.2) is 11.9 Å². The van der Waals surface area contributed by atoms with E-state index in [9.17, 15) is 0 Å². The van der Waals surface area contributed by atoms with Crippen LogP contribution in [0.25, 0.3) is 0 Å². The highest BCUT2D eigenvalue weighted by Gasteiger charge is 1.95. The number of aliphatic imine (C=N–C) groups is 2. The molecule has 0 aliphatic rings. The number of unbranched alkanes of at least 4 members (excludes halogenated alkanes) is 3. The van der Waals surface area contributed by atoms with Gasteiger partial charge in [-0.2, -0.15) is 0 Å². The Bertz CT molecular complexity index is 223. The average molecular weight is 256 g/mol. The molecule has 0 aromatic carbocycles. The van der Waals surface area contributed by atoms with E-state index in [1.165, 1.54) is 25.7 Å². The fraction of sp³-hybridized carbons (Fsp3) is 0.833. The van der Waals surface area contributed by atoms with E-state index in [4.69, 9.17) is 0 Å². The standard InChI is InChI=1S/C12H28N6/c1-13-11(14-2)17-9-7-5-6-8-10-18-12(15-3)16-4/h5-10H2,1-4H3,(H2,13,14,17)(H2,15,16,18). The van der Waals surface area contributed by atoms with Crippen LogP contribution in [0.1, 0.15) is 25.7 Å². The summed E-state index contributed by atoms with van der Waals surface area (Å²) >= 11 is 0. The summed E-state index contributed by atoms with van der Waals surface area (Å²) in [5, 5.41) is 12.5. The van der Waals surface area contributed by atoms with E-state index >= 15 is 0 Å². The fourth-order valence-corrected chi connectivity index (χ4v) is 1.58. The lowest BCUT2D eigenvalue weighted by atomic mass is 10.2. The number of guanidine groups is 2. The summed E-state index contributed by atoms with van der Waals surface area (Å²) in [6.07, 6.45) is 4.80. The van der Waals surface area contributed by atoms with Crippen LogP contribution < -0.4 is 21.3 Å². The van der Waals surface area contributed by atoms with Gasteiger partial charge in [-0.15, -0.1) is 0 Å². The lowest BCUT2D eigenvalue weighted by molar-refractivity contribution is 0.619. The van der Waals surface area contributed by atoms with E-state index in [0.29, 0.717) is 0 Å². The lowest BCUT2D eigenvalue weighted by Crippen LogP contribution is -2.35. The Balaban J connectivity index is 3.31. The van der Waals surface area contributed by atoms with Crippen LogP contribution in [0.3, 0.4) is 0 Å². The Kier molecular flexibility index (Phi) is 11.0. The summed E-state index contributed by atoms with van der Waals surface area (Å²) in [6.45, 7) is 1.94. The molecule has 0 spiro atoms. The maximum absolute atomic E-state index is 4.06. The molecule has 0 saturated carbocycles. The minimum absolute atomic E-state index is 0.856. The molecule has 0 rings (SSSR count). The van der Waals surface area contributed by atoms with E-state index < -0.39 is 0 Å². The summed E-state index contributed by atoms with van der Waals surface area (Å²) in [7, 11) is 7.30. The van der Waals surface area contributed by atoms with Crippen molar-refractivity contribution in [3.63, 3.8) is 0 Å². The van der Waals surface area contributed by atoms with Crippen molar-refractivity contribution in [2.75, 3.05) is 41.3 Å². The highest BCUT2D eigenvalue weighted by molar-refractivity contribution is 5.79. The molecule has 0 radical (unpaired) electrons. The number of nitrogens with zero attached hydrogens (tertiary/aromatic N) is 2. The van der Waals surface area contributed by atoms with Crippen LogP contribution in [-0.4, -0.2) is 53.2 Å². The van der Waals surface area contributed by atoms with Crippen molar-refractivity contribution in [1.29, 1.82) is 0 Å². The van der Waals surface area contributed by atoms with Crippen molar-refractivity contribution < 1.29 is 0 Å². The normalized spacial score (nSPS) is 12.2. The van der Waals surface area contributed by atoms with Crippen molar-refractivity contribution >= 4 is 11.9 Å². The first kappa shape index (κ1) is 16.5. The Morgan fingerprint density at radius 2 is 1.11 bits per heavy atom.